The van der Waals surface area contributed by atoms with Crippen molar-refractivity contribution in [1.29, 1.82) is 0 Å². The third-order valence-corrected chi connectivity index (χ3v) is 2.56. The lowest BCUT2D eigenvalue weighted by Crippen LogP contribution is -2.12. The van der Waals surface area contributed by atoms with Crippen molar-refractivity contribution in [3.8, 4) is 0 Å². The van der Waals surface area contributed by atoms with E-state index in [9.17, 15) is 4.79 Å². The fraction of sp³-hybridized carbons (Fsp3) is 0.667. The van der Waals surface area contributed by atoms with Gasteiger partial charge in [0.05, 0.1) is 17.1 Å². The maximum absolute atomic E-state index is 11.5. The summed E-state index contributed by atoms with van der Waals surface area (Å²) in [4.78, 5) is 11.5. The zero-order valence-corrected chi connectivity index (χ0v) is 10.6. The standard InChI is InChI=1S/C12H21N3O/c1-5-7-11(16)13-12-9(3)14-15(8-6-2)10(12)4/h5-8H2,1-4H3,(H,13,16). The van der Waals surface area contributed by atoms with E-state index < -0.39 is 0 Å². The molecule has 1 aromatic rings. The quantitative estimate of drug-likeness (QED) is 0.834. The van der Waals surface area contributed by atoms with Crippen molar-refractivity contribution in [2.45, 2.75) is 53.5 Å². The van der Waals surface area contributed by atoms with Crippen LogP contribution in [0.3, 0.4) is 0 Å². The van der Waals surface area contributed by atoms with Crippen LogP contribution in [0.1, 0.15) is 44.5 Å². The fourth-order valence-electron chi connectivity index (χ4n) is 1.74. The van der Waals surface area contributed by atoms with Crippen LogP contribution in [0, 0.1) is 13.8 Å². The van der Waals surface area contributed by atoms with Crippen molar-refractivity contribution < 1.29 is 4.79 Å². The summed E-state index contributed by atoms with van der Waals surface area (Å²) in [5.74, 6) is 0.0738. The second kappa shape index (κ2) is 5.68. The highest BCUT2D eigenvalue weighted by molar-refractivity contribution is 5.91. The smallest absolute Gasteiger partial charge is 0.224 e. The van der Waals surface area contributed by atoms with Gasteiger partial charge >= 0.3 is 0 Å². The summed E-state index contributed by atoms with van der Waals surface area (Å²) in [5.41, 5.74) is 2.83. The molecule has 0 aliphatic heterocycles. The Kier molecular flexibility index (Phi) is 4.52. The van der Waals surface area contributed by atoms with Crippen LogP contribution in [-0.2, 0) is 11.3 Å². The molecule has 0 bridgehead atoms. The average molecular weight is 223 g/mol. The van der Waals surface area contributed by atoms with Crippen molar-refractivity contribution in [3.63, 3.8) is 0 Å². The molecule has 0 aliphatic rings. The van der Waals surface area contributed by atoms with E-state index in [1.54, 1.807) is 0 Å². The molecule has 0 saturated carbocycles. The summed E-state index contributed by atoms with van der Waals surface area (Å²) in [5, 5.41) is 7.35. The minimum Gasteiger partial charge on any atom is -0.323 e. The van der Waals surface area contributed by atoms with Gasteiger partial charge in [-0.1, -0.05) is 13.8 Å². The molecule has 4 nitrogen and oxygen atoms in total. The molecule has 1 amide bonds. The number of nitrogens with one attached hydrogen (secondary N) is 1. The summed E-state index contributed by atoms with van der Waals surface area (Å²) in [6, 6.07) is 0. The minimum absolute atomic E-state index is 0.0738. The molecular formula is C12H21N3O. The Morgan fingerprint density at radius 1 is 1.31 bits per heavy atom. The first-order valence-electron chi connectivity index (χ1n) is 5.94. The molecule has 4 heteroatoms. The van der Waals surface area contributed by atoms with Gasteiger partial charge < -0.3 is 5.32 Å². The Labute approximate surface area is 97.0 Å². The highest BCUT2D eigenvalue weighted by Gasteiger charge is 2.12. The zero-order chi connectivity index (χ0) is 12.1. The molecular weight excluding hydrogens is 202 g/mol. The second-order valence-corrected chi connectivity index (χ2v) is 4.07. The summed E-state index contributed by atoms with van der Waals surface area (Å²) in [7, 11) is 0. The van der Waals surface area contributed by atoms with Gasteiger partial charge in [-0.25, -0.2) is 0 Å². The molecule has 0 aliphatic carbocycles. The average Bonchev–Trinajstić information content (AvgIpc) is 2.47. The van der Waals surface area contributed by atoms with E-state index in [1.807, 2.05) is 25.5 Å². The van der Waals surface area contributed by atoms with Crippen LogP contribution in [-0.4, -0.2) is 15.7 Å². The summed E-state index contributed by atoms with van der Waals surface area (Å²) in [6.45, 7) is 8.94. The molecule has 0 fully saturated rings. The van der Waals surface area contributed by atoms with Crippen molar-refractivity contribution in [2.24, 2.45) is 0 Å². The van der Waals surface area contributed by atoms with Crippen molar-refractivity contribution in [3.05, 3.63) is 11.4 Å². The highest BCUT2D eigenvalue weighted by Crippen LogP contribution is 2.19. The van der Waals surface area contributed by atoms with Gasteiger partial charge in [-0.15, -0.1) is 0 Å². The maximum atomic E-state index is 11.5. The number of hydrogen-bond acceptors (Lipinski definition) is 2. The highest BCUT2D eigenvalue weighted by atomic mass is 16.1. The minimum atomic E-state index is 0.0738. The third-order valence-electron chi connectivity index (χ3n) is 2.56. The Morgan fingerprint density at radius 3 is 2.56 bits per heavy atom. The molecule has 16 heavy (non-hydrogen) atoms. The number of rotatable bonds is 5. The van der Waals surface area contributed by atoms with E-state index in [4.69, 9.17) is 0 Å². The molecule has 1 heterocycles. The monoisotopic (exact) mass is 223 g/mol. The van der Waals surface area contributed by atoms with Crippen molar-refractivity contribution in [2.75, 3.05) is 5.32 Å². The van der Waals surface area contributed by atoms with Crippen LogP contribution < -0.4 is 5.32 Å². The lowest BCUT2D eigenvalue weighted by atomic mass is 10.2. The van der Waals surface area contributed by atoms with Gasteiger partial charge in [-0.3, -0.25) is 9.48 Å². The molecule has 0 radical (unpaired) electrons. The van der Waals surface area contributed by atoms with Crippen LogP contribution in [0.15, 0.2) is 0 Å². The van der Waals surface area contributed by atoms with E-state index in [-0.39, 0.29) is 5.91 Å². The van der Waals surface area contributed by atoms with E-state index in [0.717, 1.165) is 36.5 Å². The molecule has 0 aromatic carbocycles. The van der Waals surface area contributed by atoms with Gasteiger partial charge in [0, 0.05) is 13.0 Å². The van der Waals surface area contributed by atoms with Gasteiger partial charge in [0.25, 0.3) is 0 Å². The van der Waals surface area contributed by atoms with Crippen molar-refractivity contribution >= 4 is 11.6 Å². The SMILES string of the molecule is CCCC(=O)Nc1c(C)nn(CCC)c1C. The number of anilines is 1. The van der Waals surface area contributed by atoms with Crippen LogP contribution in [0.4, 0.5) is 5.69 Å². The number of aromatic nitrogens is 2. The number of amides is 1. The molecule has 1 aromatic heterocycles. The third kappa shape index (κ3) is 2.84. The van der Waals surface area contributed by atoms with Gasteiger partial charge in [0.2, 0.25) is 5.91 Å². The lowest BCUT2D eigenvalue weighted by Gasteiger charge is -2.05. The number of hydrogen-bond donors (Lipinski definition) is 1. The molecule has 1 rings (SSSR count). The predicted octanol–water partition coefficient (Wildman–Crippen LogP) is 2.65. The van der Waals surface area contributed by atoms with Crippen LogP contribution in [0.5, 0.6) is 0 Å². The Morgan fingerprint density at radius 2 is 2.00 bits per heavy atom. The Bertz CT molecular complexity index is 369. The molecule has 0 atom stereocenters. The Balaban J connectivity index is 2.83. The second-order valence-electron chi connectivity index (χ2n) is 4.07. The summed E-state index contributed by atoms with van der Waals surface area (Å²) in [6.07, 6.45) is 2.48. The number of aryl methyl sites for hydroxylation is 2. The zero-order valence-electron chi connectivity index (χ0n) is 10.6. The topological polar surface area (TPSA) is 46.9 Å². The lowest BCUT2D eigenvalue weighted by molar-refractivity contribution is -0.116. The Hall–Kier alpha value is -1.32. The largest absolute Gasteiger partial charge is 0.323 e. The normalized spacial score (nSPS) is 10.5. The van der Waals surface area contributed by atoms with Gasteiger partial charge in [0.15, 0.2) is 0 Å². The van der Waals surface area contributed by atoms with Crippen molar-refractivity contribution in [1.82, 2.24) is 9.78 Å². The summed E-state index contributed by atoms with van der Waals surface area (Å²) < 4.78 is 1.96. The van der Waals surface area contributed by atoms with E-state index in [0.29, 0.717) is 6.42 Å². The molecule has 0 spiro atoms. The van der Waals surface area contributed by atoms with Gasteiger partial charge in [-0.2, -0.15) is 5.10 Å². The first-order valence-corrected chi connectivity index (χ1v) is 5.94. The van der Waals surface area contributed by atoms with Crippen LogP contribution >= 0.6 is 0 Å². The molecule has 90 valence electrons. The van der Waals surface area contributed by atoms with E-state index in [1.165, 1.54) is 0 Å². The molecule has 0 saturated heterocycles. The van der Waals surface area contributed by atoms with E-state index in [2.05, 4.69) is 17.3 Å². The summed E-state index contributed by atoms with van der Waals surface area (Å²) >= 11 is 0. The first-order chi connectivity index (χ1) is 7.60. The maximum Gasteiger partial charge on any atom is 0.224 e. The van der Waals surface area contributed by atoms with Crippen LogP contribution in [0.25, 0.3) is 0 Å². The number of nitrogens with zero attached hydrogens (tertiary/aromatic N) is 2. The fourth-order valence-corrected chi connectivity index (χ4v) is 1.74. The van der Waals surface area contributed by atoms with Gasteiger partial charge in [0.1, 0.15) is 0 Å². The number of carbonyl (C=O) groups is 1. The number of carbonyl (C=O) groups excluding carboxylic acids is 1. The van der Waals surface area contributed by atoms with E-state index >= 15 is 0 Å². The van der Waals surface area contributed by atoms with Crippen LogP contribution in [0.2, 0.25) is 0 Å². The molecule has 1 N–H and O–H groups in total. The predicted molar refractivity (Wildman–Crippen MR) is 65.5 cm³/mol. The van der Waals surface area contributed by atoms with Gasteiger partial charge in [-0.05, 0) is 26.7 Å². The first kappa shape index (κ1) is 12.7. The molecule has 0 unspecified atom stereocenters.